The Balaban J connectivity index is 1.77. The molecule has 2 aliphatic rings. The van der Waals surface area contributed by atoms with E-state index in [0.717, 1.165) is 36.9 Å². The zero-order valence-corrected chi connectivity index (χ0v) is 12.2. The third-order valence-electron chi connectivity index (χ3n) is 4.17. The van der Waals surface area contributed by atoms with Crippen molar-refractivity contribution in [2.75, 3.05) is 26.3 Å². The summed E-state index contributed by atoms with van der Waals surface area (Å²) in [4.78, 5) is 26.1. The number of ether oxygens (including phenoxy) is 1. The van der Waals surface area contributed by atoms with Crippen molar-refractivity contribution in [3.05, 3.63) is 27.7 Å². The minimum Gasteiger partial charge on any atom is -0.378 e. The average molecular weight is 291 g/mol. The molecule has 114 valence electrons. The van der Waals surface area contributed by atoms with Crippen LogP contribution in [-0.2, 0) is 28.9 Å². The molecule has 0 bridgehead atoms. The molecule has 0 aromatic carbocycles. The summed E-state index contributed by atoms with van der Waals surface area (Å²) in [5.74, 6) is -0.0542. The summed E-state index contributed by atoms with van der Waals surface area (Å²) < 4.78 is 6.56. The normalized spacial score (nSPS) is 19.0. The highest BCUT2D eigenvalue weighted by Crippen LogP contribution is 2.16. The Morgan fingerprint density at radius 3 is 2.76 bits per heavy atom. The second-order valence-electron chi connectivity index (χ2n) is 5.67. The van der Waals surface area contributed by atoms with E-state index in [4.69, 9.17) is 4.74 Å². The van der Waals surface area contributed by atoms with Gasteiger partial charge in [0.1, 0.15) is 6.54 Å². The first-order valence-corrected chi connectivity index (χ1v) is 7.69. The summed E-state index contributed by atoms with van der Waals surface area (Å²) >= 11 is 0. The van der Waals surface area contributed by atoms with E-state index in [-0.39, 0.29) is 18.0 Å². The first-order valence-electron chi connectivity index (χ1n) is 7.69. The van der Waals surface area contributed by atoms with Crippen LogP contribution in [-0.4, -0.2) is 46.9 Å². The molecule has 0 atom stereocenters. The van der Waals surface area contributed by atoms with Gasteiger partial charge >= 0.3 is 0 Å². The van der Waals surface area contributed by atoms with Crippen LogP contribution < -0.4 is 5.56 Å². The van der Waals surface area contributed by atoms with Crippen LogP contribution in [0.4, 0.5) is 0 Å². The Morgan fingerprint density at radius 2 is 1.95 bits per heavy atom. The van der Waals surface area contributed by atoms with Crippen LogP contribution in [0.15, 0.2) is 10.9 Å². The second kappa shape index (κ2) is 6.39. The van der Waals surface area contributed by atoms with Gasteiger partial charge in [0, 0.05) is 19.2 Å². The van der Waals surface area contributed by atoms with Crippen molar-refractivity contribution in [3.63, 3.8) is 0 Å². The number of aromatic nitrogens is 2. The molecular weight excluding hydrogens is 270 g/mol. The highest BCUT2D eigenvalue weighted by atomic mass is 16.5. The van der Waals surface area contributed by atoms with Crippen LogP contribution in [0.5, 0.6) is 0 Å². The minimum atomic E-state index is -0.169. The SMILES string of the molecule is O=C(Cn1nc2c(cc1=O)CCCCC2)N1CCOCC1. The number of amides is 1. The van der Waals surface area contributed by atoms with Crippen molar-refractivity contribution >= 4 is 5.91 Å². The molecule has 3 rings (SSSR count). The molecule has 0 spiro atoms. The molecule has 0 unspecified atom stereocenters. The van der Waals surface area contributed by atoms with Crippen LogP contribution >= 0.6 is 0 Å². The largest absolute Gasteiger partial charge is 0.378 e. The fraction of sp³-hybridized carbons (Fsp3) is 0.667. The number of nitrogens with zero attached hydrogens (tertiary/aromatic N) is 3. The lowest BCUT2D eigenvalue weighted by Crippen LogP contribution is -2.43. The van der Waals surface area contributed by atoms with Crippen molar-refractivity contribution in [1.29, 1.82) is 0 Å². The zero-order valence-electron chi connectivity index (χ0n) is 12.2. The fourth-order valence-corrected chi connectivity index (χ4v) is 2.93. The zero-order chi connectivity index (χ0) is 14.7. The third kappa shape index (κ3) is 3.32. The lowest BCUT2D eigenvalue weighted by Gasteiger charge is -2.26. The molecule has 0 radical (unpaired) electrons. The highest BCUT2D eigenvalue weighted by Gasteiger charge is 2.19. The van der Waals surface area contributed by atoms with Crippen LogP contribution in [0, 0.1) is 0 Å². The van der Waals surface area contributed by atoms with Gasteiger partial charge in [-0.2, -0.15) is 5.10 Å². The number of hydrogen-bond donors (Lipinski definition) is 0. The minimum absolute atomic E-state index is 0.0338. The van der Waals surface area contributed by atoms with Crippen LogP contribution in [0.25, 0.3) is 0 Å². The van der Waals surface area contributed by atoms with Gasteiger partial charge in [-0.3, -0.25) is 9.59 Å². The van der Waals surface area contributed by atoms with Gasteiger partial charge < -0.3 is 9.64 Å². The summed E-state index contributed by atoms with van der Waals surface area (Å²) in [6.45, 7) is 2.36. The summed E-state index contributed by atoms with van der Waals surface area (Å²) in [5.41, 5.74) is 1.88. The van der Waals surface area contributed by atoms with Crippen molar-refractivity contribution in [2.24, 2.45) is 0 Å². The van der Waals surface area contributed by atoms with Gasteiger partial charge in [-0.1, -0.05) is 6.42 Å². The molecule has 1 amide bonds. The first-order chi connectivity index (χ1) is 10.2. The molecule has 0 saturated carbocycles. The second-order valence-corrected chi connectivity index (χ2v) is 5.67. The number of carbonyl (C=O) groups excluding carboxylic acids is 1. The maximum atomic E-state index is 12.2. The molecule has 1 aliphatic heterocycles. The van der Waals surface area contributed by atoms with Crippen molar-refractivity contribution < 1.29 is 9.53 Å². The summed E-state index contributed by atoms with van der Waals surface area (Å²) in [5, 5.41) is 4.43. The summed E-state index contributed by atoms with van der Waals surface area (Å²) in [6, 6.07) is 1.67. The maximum Gasteiger partial charge on any atom is 0.267 e. The molecule has 1 aliphatic carbocycles. The van der Waals surface area contributed by atoms with Gasteiger partial charge in [-0.25, -0.2) is 4.68 Å². The molecule has 2 heterocycles. The van der Waals surface area contributed by atoms with E-state index in [0.29, 0.717) is 26.3 Å². The van der Waals surface area contributed by atoms with Gasteiger partial charge in [0.05, 0.1) is 18.9 Å². The molecule has 6 heteroatoms. The van der Waals surface area contributed by atoms with Crippen LogP contribution in [0.1, 0.15) is 30.5 Å². The van der Waals surface area contributed by atoms with Crippen molar-refractivity contribution in [3.8, 4) is 0 Å². The van der Waals surface area contributed by atoms with Gasteiger partial charge in [0.15, 0.2) is 0 Å². The lowest BCUT2D eigenvalue weighted by atomic mass is 10.1. The Bertz CT molecular complexity index is 576. The molecule has 0 N–H and O–H groups in total. The van der Waals surface area contributed by atoms with Gasteiger partial charge in [0.2, 0.25) is 5.91 Å². The number of aryl methyl sites for hydroxylation is 2. The van der Waals surface area contributed by atoms with E-state index in [1.54, 1.807) is 11.0 Å². The standard InChI is InChI=1S/C15H21N3O3/c19-14-10-12-4-2-1-3-5-13(12)16-18(14)11-15(20)17-6-8-21-9-7-17/h10H,1-9,11H2. The Morgan fingerprint density at radius 1 is 1.19 bits per heavy atom. The Labute approximate surface area is 123 Å². The monoisotopic (exact) mass is 291 g/mol. The molecule has 1 fully saturated rings. The number of fused-ring (bicyclic) bond motifs is 1. The van der Waals surface area contributed by atoms with Crippen molar-refractivity contribution in [1.82, 2.24) is 14.7 Å². The lowest BCUT2D eigenvalue weighted by molar-refractivity contribution is -0.136. The fourth-order valence-electron chi connectivity index (χ4n) is 2.93. The molecule has 1 aromatic heterocycles. The molecular formula is C15H21N3O3. The van der Waals surface area contributed by atoms with E-state index in [2.05, 4.69) is 5.10 Å². The summed E-state index contributed by atoms with van der Waals surface area (Å²) in [7, 11) is 0. The van der Waals surface area contributed by atoms with Crippen LogP contribution in [0.2, 0.25) is 0 Å². The molecule has 1 aromatic rings. The van der Waals surface area contributed by atoms with Crippen molar-refractivity contribution in [2.45, 2.75) is 38.6 Å². The molecule has 1 saturated heterocycles. The quantitative estimate of drug-likeness (QED) is 0.739. The van der Waals surface area contributed by atoms with E-state index in [1.165, 1.54) is 11.1 Å². The van der Waals surface area contributed by atoms with Gasteiger partial charge in [-0.15, -0.1) is 0 Å². The molecule has 21 heavy (non-hydrogen) atoms. The average Bonchev–Trinajstić information content (AvgIpc) is 2.73. The first kappa shape index (κ1) is 14.3. The van der Waals surface area contributed by atoms with Gasteiger partial charge in [0.25, 0.3) is 5.56 Å². The summed E-state index contributed by atoms with van der Waals surface area (Å²) in [6.07, 6.45) is 5.23. The predicted molar refractivity (Wildman–Crippen MR) is 77.2 cm³/mol. The van der Waals surface area contributed by atoms with Crippen LogP contribution in [0.3, 0.4) is 0 Å². The van der Waals surface area contributed by atoms with E-state index < -0.39 is 0 Å². The van der Waals surface area contributed by atoms with Gasteiger partial charge in [-0.05, 0) is 31.2 Å². The predicted octanol–water partition coefficient (Wildman–Crippen LogP) is 0.371. The Kier molecular flexibility index (Phi) is 4.34. The third-order valence-corrected chi connectivity index (χ3v) is 4.17. The van der Waals surface area contributed by atoms with E-state index in [9.17, 15) is 9.59 Å². The molecule has 6 nitrogen and oxygen atoms in total. The smallest absolute Gasteiger partial charge is 0.267 e. The number of morpholine rings is 1. The Hall–Kier alpha value is -1.69. The highest BCUT2D eigenvalue weighted by molar-refractivity contribution is 5.75. The van der Waals surface area contributed by atoms with E-state index >= 15 is 0 Å². The number of carbonyl (C=O) groups is 1. The van der Waals surface area contributed by atoms with E-state index in [1.807, 2.05) is 0 Å². The number of hydrogen-bond acceptors (Lipinski definition) is 4. The number of rotatable bonds is 2. The topological polar surface area (TPSA) is 64.4 Å². The maximum absolute atomic E-state index is 12.2.